The van der Waals surface area contributed by atoms with Gasteiger partial charge in [0.25, 0.3) is 0 Å². The van der Waals surface area contributed by atoms with E-state index in [0.717, 1.165) is 6.42 Å². The van der Waals surface area contributed by atoms with Crippen LogP contribution in [-0.4, -0.2) is 0 Å². The maximum absolute atomic E-state index is 2.24. The van der Waals surface area contributed by atoms with Gasteiger partial charge in [-0.05, 0) is 17.9 Å². The Balaban J connectivity index is 0.000000845. The molecule has 0 unspecified atom stereocenters. The zero-order valence-corrected chi connectivity index (χ0v) is 8.82. The average molecular weight is 207 g/mol. The molecular weight excluding hydrogens is 195 g/mol. The fraction of sp³-hybridized carbons (Fsp3) is 0.167. The largest absolute Gasteiger partial charge is 0.0773 e. The second kappa shape index (κ2) is 5.11. The summed E-state index contributed by atoms with van der Waals surface area (Å²) in [5, 5.41) is 0. The Morgan fingerprint density at radius 2 is 1.54 bits per heavy atom. The summed E-state index contributed by atoms with van der Waals surface area (Å²) in [6.45, 7) is 0. The van der Waals surface area contributed by atoms with Crippen LogP contribution in [-0.2, 0) is 25.0 Å². The van der Waals surface area contributed by atoms with Crippen LogP contribution in [0.5, 0.6) is 0 Å². The Bertz CT molecular complexity index is 286. The first kappa shape index (κ1) is 10.4. The van der Waals surface area contributed by atoms with Crippen LogP contribution in [0.25, 0.3) is 0 Å². The van der Waals surface area contributed by atoms with Crippen LogP contribution in [0.3, 0.4) is 0 Å². The van der Waals surface area contributed by atoms with Crippen molar-refractivity contribution >= 4 is 0 Å². The summed E-state index contributed by atoms with van der Waals surface area (Å²) in [6, 6.07) is 10.6. The van der Waals surface area contributed by atoms with Gasteiger partial charge in [0.1, 0.15) is 0 Å². The van der Waals surface area contributed by atoms with Gasteiger partial charge in [0.15, 0.2) is 0 Å². The predicted octanol–water partition coefficient (Wildman–Crippen LogP) is 2.97. The molecule has 2 rings (SSSR count). The molecule has 0 bridgehead atoms. The zero-order chi connectivity index (χ0) is 8.23. The van der Waals surface area contributed by atoms with E-state index in [4.69, 9.17) is 0 Å². The molecule has 0 amide bonds. The molecule has 1 heteroatoms. The van der Waals surface area contributed by atoms with Crippen molar-refractivity contribution in [2.45, 2.75) is 6.42 Å². The van der Waals surface area contributed by atoms with Crippen LogP contribution in [0.15, 0.2) is 54.6 Å². The fourth-order valence-electron chi connectivity index (χ4n) is 1.50. The van der Waals surface area contributed by atoms with E-state index in [1.807, 2.05) is 0 Å². The monoisotopic (exact) mass is 207 g/mol. The molecule has 0 spiro atoms. The number of rotatable bonds is 2. The molecule has 13 heavy (non-hydrogen) atoms. The van der Waals surface area contributed by atoms with E-state index in [-0.39, 0.29) is 18.6 Å². The van der Waals surface area contributed by atoms with Gasteiger partial charge in [0.05, 0.1) is 0 Å². The number of hydrogen-bond acceptors (Lipinski definition) is 0. The van der Waals surface area contributed by atoms with Crippen LogP contribution in [0.1, 0.15) is 5.56 Å². The van der Waals surface area contributed by atoms with E-state index < -0.39 is 0 Å². The minimum absolute atomic E-state index is 0. The minimum atomic E-state index is 0. The Morgan fingerprint density at radius 1 is 0.923 bits per heavy atom. The van der Waals surface area contributed by atoms with Crippen molar-refractivity contribution in [3.63, 3.8) is 0 Å². The van der Waals surface area contributed by atoms with E-state index in [1.165, 1.54) is 5.56 Å². The second-order valence-corrected chi connectivity index (χ2v) is 3.12. The molecule has 1 aliphatic carbocycles. The summed E-state index contributed by atoms with van der Waals surface area (Å²) in [5.41, 5.74) is 1.42. The molecule has 1 aliphatic rings. The van der Waals surface area contributed by atoms with Crippen LogP contribution >= 0.6 is 0 Å². The molecule has 0 heterocycles. The quantitative estimate of drug-likeness (QED) is 0.699. The van der Waals surface area contributed by atoms with Crippen molar-refractivity contribution in [3.05, 3.63) is 60.2 Å². The van der Waals surface area contributed by atoms with Crippen molar-refractivity contribution in [2.75, 3.05) is 0 Å². The SMILES string of the molecule is C1=CC(Cc2ccccc2)C=C1.[V]. The molecule has 0 saturated heterocycles. The van der Waals surface area contributed by atoms with Gasteiger partial charge in [0, 0.05) is 18.6 Å². The molecule has 0 atom stereocenters. The average Bonchev–Trinajstić information content (AvgIpc) is 2.59. The zero-order valence-electron chi connectivity index (χ0n) is 7.43. The van der Waals surface area contributed by atoms with Crippen molar-refractivity contribution in [1.82, 2.24) is 0 Å². The van der Waals surface area contributed by atoms with Gasteiger partial charge < -0.3 is 0 Å². The first-order valence-corrected chi connectivity index (χ1v) is 4.34. The van der Waals surface area contributed by atoms with Gasteiger partial charge in [-0.3, -0.25) is 0 Å². The van der Waals surface area contributed by atoms with Gasteiger partial charge in [-0.2, -0.15) is 0 Å². The smallest absolute Gasteiger partial charge is 0 e. The van der Waals surface area contributed by atoms with E-state index >= 15 is 0 Å². The molecule has 1 radical (unpaired) electrons. The summed E-state index contributed by atoms with van der Waals surface area (Å²) in [4.78, 5) is 0. The molecular formula is C12H12V. The number of allylic oxidation sites excluding steroid dienone is 4. The Hall–Kier alpha value is -0.716. The normalized spacial score (nSPS) is 14.5. The second-order valence-electron chi connectivity index (χ2n) is 3.12. The molecule has 65 valence electrons. The van der Waals surface area contributed by atoms with Crippen LogP contribution in [0.2, 0.25) is 0 Å². The molecule has 1 aromatic carbocycles. The minimum Gasteiger partial charge on any atom is -0.0773 e. The summed E-state index contributed by atoms with van der Waals surface area (Å²) in [7, 11) is 0. The summed E-state index contributed by atoms with van der Waals surface area (Å²) < 4.78 is 0. The number of benzene rings is 1. The summed E-state index contributed by atoms with van der Waals surface area (Å²) in [5.74, 6) is 0.618. The van der Waals surface area contributed by atoms with Gasteiger partial charge in [-0.25, -0.2) is 0 Å². The Morgan fingerprint density at radius 3 is 2.15 bits per heavy atom. The maximum atomic E-state index is 2.24. The third kappa shape index (κ3) is 2.91. The third-order valence-electron chi connectivity index (χ3n) is 2.14. The predicted molar refractivity (Wildman–Crippen MR) is 51.9 cm³/mol. The van der Waals surface area contributed by atoms with Gasteiger partial charge in [-0.1, -0.05) is 54.6 Å². The molecule has 0 nitrogen and oxygen atoms in total. The van der Waals surface area contributed by atoms with Crippen LogP contribution < -0.4 is 0 Å². The fourth-order valence-corrected chi connectivity index (χ4v) is 1.50. The molecule has 0 N–H and O–H groups in total. The first-order chi connectivity index (χ1) is 5.95. The van der Waals surface area contributed by atoms with E-state index in [1.54, 1.807) is 0 Å². The van der Waals surface area contributed by atoms with Crippen molar-refractivity contribution in [2.24, 2.45) is 5.92 Å². The van der Waals surface area contributed by atoms with Crippen LogP contribution in [0, 0.1) is 5.92 Å². The summed E-state index contributed by atoms with van der Waals surface area (Å²) in [6.07, 6.45) is 9.86. The van der Waals surface area contributed by atoms with Gasteiger partial charge in [0.2, 0.25) is 0 Å². The molecule has 1 aromatic rings. The van der Waals surface area contributed by atoms with Crippen molar-refractivity contribution in [1.29, 1.82) is 0 Å². The van der Waals surface area contributed by atoms with Gasteiger partial charge >= 0.3 is 0 Å². The topological polar surface area (TPSA) is 0 Å². The Kier molecular flexibility index (Phi) is 4.07. The van der Waals surface area contributed by atoms with Gasteiger partial charge in [-0.15, -0.1) is 0 Å². The standard InChI is InChI=1S/C12H12.V/c1-2-6-11(7-3-1)10-12-8-4-5-9-12;/h1-9,12H,10H2;. The molecule has 0 aromatic heterocycles. The number of hydrogen-bond donors (Lipinski definition) is 0. The summed E-state index contributed by atoms with van der Waals surface area (Å²) >= 11 is 0. The van der Waals surface area contributed by atoms with Crippen molar-refractivity contribution in [3.8, 4) is 0 Å². The maximum Gasteiger partial charge on any atom is 0 e. The van der Waals surface area contributed by atoms with Crippen LogP contribution in [0.4, 0.5) is 0 Å². The van der Waals surface area contributed by atoms with Crippen molar-refractivity contribution < 1.29 is 18.6 Å². The van der Waals surface area contributed by atoms with E-state index in [9.17, 15) is 0 Å². The first-order valence-electron chi connectivity index (χ1n) is 4.34. The third-order valence-corrected chi connectivity index (χ3v) is 2.14. The molecule has 0 aliphatic heterocycles. The molecule has 0 saturated carbocycles. The molecule has 0 fully saturated rings. The van der Waals surface area contributed by atoms with E-state index in [0.29, 0.717) is 5.92 Å². The Labute approximate surface area is 91.2 Å². The van der Waals surface area contributed by atoms with E-state index in [2.05, 4.69) is 54.6 Å².